The summed E-state index contributed by atoms with van der Waals surface area (Å²) < 4.78 is 16.1. The van der Waals surface area contributed by atoms with Crippen LogP contribution in [0.3, 0.4) is 0 Å². The van der Waals surface area contributed by atoms with E-state index in [-0.39, 0.29) is 11.9 Å². The van der Waals surface area contributed by atoms with Crippen molar-refractivity contribution < 1.29 is 19.3 Å². The largest absolute Gasteiger partial charge is 0.508 e. The summed E-state index contributed by atoms with van der Waals surface area (Å²) in [5.74, 6) is 0.962. The molecule has 0 fully saturated rings. The Hall–Kier alpha value is -1.26. The van der Waals surface area contributed by atoms with Crippen molar-refractivity contribution >= 4 is 0 Å². The Morgan fingerprint density at radius 1 is 1.00 bits per heavy atom. The molecule has 0 radical (unpaired) electrons. The number of phenols is 1. The molecule has 4 heteroatoms. The number of hydrogen-bond acceptors (Lipinski definition) is 4. The molecule has 0 aliphatic rings. The van der Waals surface area contributed by atoms with Crippen LogP contribution in [0.2, 0.25) is 0 Å². The second-order valence-electron chi connectivity index (χ2n) is 3.87. The van der Waals surface area contributed by atoms with E-state index in [0.717, 1.165) is 5.75 Å². The van der Waals surface area contributed by atoms with Gasteiger partial charge in [-0.2, -0.15) is 0 Å². The van der Waals surface area contributed by atoms with Gasteiger partial charge in [-0.05, 0) is 38.1 Å². The number of benzene rings is 1. The molecule has 0 heterocycles. The van der Waals surface area contributed by atoms with Crippen LogP contribution in [-0.2, 0) is 9.47 Å². The van der Waals surface area contributed by atoms with Crippen molar-refractivity contribution in [3.63, 3.8) is 0 Å². The van der Waals surface area contributed by atoms with E-state index in [1.54, 1.807) is 24.3 Å². The summed E-state index contributed by atoms with van der Waals surface area (Å²) in [4.78, 5) is 0. The Bertz CT molecular complexity index is 295. The van der Waals surface area contributed by atoms with Crippen LogP contribution in [0, 0.1) is 0 Å². The van der Waals surface area contributed by atoms with Gasteiger partial charge in [0.05, 0.1) is 25.9 Å². The Kier molecular flexibility index (Phi) is 6.43. The van der Waals surface area contributed by atoms with Crippen molar-refractivity contribution in [2.45, 2.75) is 20.0 Å². The summed E-state index contributed by atoms with van der Waals surface area (Å²) in [5, 5.41) is 9.08. The van der Waals surface area contributed by atoms with Crippen LogP contribution >= 0.6 is 0 Å². The smallest absolute Gasteiger partial charge is 0.119 e. The van der Waals surface area contributed by atoms with Crippen LogP contribution in [0.4, 0.5) is 0 Å². The number of rotatable bonds is 8. The third kappa shape index (κ3) is 6.81. The first-order valence-electron chi connectivity index (χ1n) is 5.79. The molecular formula is C13H20O4. The monoisotopic (exact) mass is 240 g/mol. The zero-order chi connectivity index (χ0) is 12.5. The molecule has 17 heavy (non-hydrogen) atoms. The molecule has 0 spiro atoms. The van der Waals surface area contributed by atoms with Crippen molar-refractivity contribution in [1.29, 1.82) is 0 Å². The van der Waals surface area contributed by atoms with Crippen LogP contribution in [-0.4, -0.2) is 37.6 Å². The maximum Gasteiger partial charge on any atom is 0.119 e. The Morgan fingerprint density at radius 3 is 2.29 bits per heavy atom. The van der Waals surface area contributed by atoms with Crippen LogP contribution in [0.1, 0.15) is 13.8 Å². The van der Waals surface area contributed by atoms with E-state index in [2.05, 4.69) is 0 Å². The average molecular weight is 240 g/mol. The fourth-order valence-corrected chi connectivity index (χ4v) is 1.21. The number of hydrogen-bond donors (Lipinski definition) is 1. The molecule has 0 amide bonds. The van der Waals surface area contributed by atoms with E-state index in [1.807, 2.05) is 13.8 Å². The van der Waals surface area contributed by atoms with E-state index in [1.165, 1.54) is 0 Å². The van der Waals surface area contributed by atoms with Crippen LogP contribution < -0.4 is 4.74 Å². The first-order valence-corrected chi connectivity index (χ1v) is 5.79. The van der Waals surface area contributed by atoms with Gasteiger partial charge in [0.25, 0.3) is 0 Å². The minimum Gasteiger partial charge on any atom is -0.508 e. The molecule has 4 nitrogen and oxygen atoms in total. The standard InChI is InChI=1S/C13H20O4/c1-11(2)16-9-7-15-8-10-17-13-5-3-12(14)4-6-13/h3-6,11,14H,7-10H2,1-2H3. The maximum atomic E-state index is 9.08. The van der Waals surface area contributed by atoms with Gasteiger partial charge in [-0.25, -0.2) is 0 Å². The van der Waals surface area contributed by atoms with Crippen molar-refractivity contribution in [2.24, 2.45) is 0 Å². The Morgan fingerprint density at radius 2 is 1.65 bits per heavy atom. The van der Waals surface area contributed by atoms with Gasteiger partial charge in [0.2, 0.25) is 0 Å². The zero-order valence-electron chi connectivity index (χ0n) is 10.4. The molecule has 1 N–H and O–H groups in total. The van der Waals surface area contributed by atoms with Crippen LogP contribution in [0.5, 0.6) is 11.5 Å². The zero-order valence-corrected chi connectivity index (χ0v) is 10.4. The molecule has 0 aliphatic heterocycles. The molecular weight excluding hydrogens is 220 g/mol. The molecule has 0 saturated heterocycles. The Labute approximate surface area is 102 Å². The number of phenolic OH excluding ortho intramolecular Hbond substituents is 1. The lowest BCUT2D eigenvalue weighted by molar-refractivity contribution is 0.0124. The van der Waals surface area contributed by atoms with E-state index < -0.39 is 0 Å². The van der Waals surface area contributed by atoms with E-state index in [4.69, 9.17) is 19.3 Å². The van der Waals surface area contributed by atoms with Crippen molar-refractivity contribution in [2.75, 3.05) is 26.4 Å². The summed E-state index contributed by atoms with van der Waals surface area (Å²) in [6.07, 6.45) is 0.242. The highest BCUT2D eigenvalue weighted by atomic mass is 16.5. The van der Waals surface area contributed by atoms with Crippen molar-refractivity contribution in [3.05, 3.63) is 24.3 Å². The molecule has 1 aromatic carbocycles. The van der Waals surface area contributed by atoms with Gasteiger partial charge in [-0.15, -0.1) is 0 Å². The van der Waals surface area contributed by atoms with E-state index >= 15 is 0 Å². The third-order valence-electron chi connectivity index (χ3n) is 2.01. The molecule has 0 aromatic heterocycles. The average Bonchev–Trinajstić information content (AvgIpc) is 2.30. The molecule has 0 saturated carbocycles. The predicted molar refractivity (Wildman–Crippen MR) is 65.5 cm³/mol. The fraction of sp³-hybridized carbons (Fsp3) is 0.538. The highest BCUT2D eigenvalue weighted by Gasteiger charge is 1.95. The first-order chi connectivity index (χ1) is 8.18. The SMILES string of the molecule is CC(C)OCCOCCOc1ccc(O)cc1. The minimum absolute atomic E-state index is 0.236. The number of ether oxygens (including phenoxy) is 3. The lowest BCUT2D eigenvalue weighted by atomic mass is 10.3. The minimum atomic E-state index is 0.236. The molecule has 96 valence electrons. The van der Waals surface area contributed by atoms with Crippen LogP contribution in [0.25, 0.3) is 0 Å². The topological polar surface area (TPSA) is 47.9 Å². The molecule has 1 rings (SSSR count). The molecule has 0 aliphatic carbocycles. The summed E-state index contributed by atoms with van der Waals surface area (Å²) in [7, 11) is 0. The van der Waals surface area contributed by atoms with E-state index in [0.29, 0.717) is 26.4 Å². The quantitative estimate of drug-likeness (QED) is 0.708. The highest BCUT2D eigenvalue weighted by Crippen LogP contribution is 2.15. The Balaban J connectivity index is 1.99. The van der Waals surface area contributed by atoms with Crippen LogP contribution in [0.15, 0.2) is 24.3 Å². The van der Waals surface area contributed by atoms with Gasteiger partial charge in [-0.1, -0.05) is 0 Å². The summed E-state index contributed by atoms with van der Waals surface area (Å²) >= 11 is 0. The molecule has 0 bridgehead atoms. The van der Waals surface area contributed by atoms with Gasteiger partial charge < -0.3 is 19.3 Å². The first kappa shape index (κ1) is 13.8. The van der Waals surface area contributed by atoms with Gasteiger partial charge >= 0.3 is 0 Å². The van der Waals surface area contributed by atoms with Crippen molar-refractivity contribution in [1.82, 2.24) is 0 Å². The predicted octanol–water partition coefficient (Wildman–Crippen LogP) is 2.21. The fourth-order valence-electron chi connectivity index (χ4n) is 1.21. The van der Waals surface area contributed by atoms with Gasteiger partial charge in [-0.3, -0.25) is 0 Å². The molecule has 1 aromatic rings. The normalized spacial score (nSPS) is 10.8. The summed E-state index contributed by atoms with van der Waals surface area (Å²) in [5.41, 5.74) is 0. The summed E-state index contributed by atoms with van der Waals surface area (Å²) in [6.45, 7) is 6.20. The van der Waals surface area contributed by atoms with Gasteiger partial charge in [0, 0.05) is 0 Å². The van der Waals surface area contributed by atoms with E-state index in [9.17, 15) is 0 Å². The van der Waals surface area contributed by atoms with Gasteiger partial charge in [0.15, 0.2) is 0 Å². The number of aromatic hydroxyl groups is 1. The third-order valence-corrected chi connectivity index (χ3v) is 2.01. The lowest BCUT2D eigenvalue weighted by Crippen LogP contribution is -2.13. The maximum absolute atomic E-state index is 9.08. The molecule has 0 unspecified atom stereocenters. The molecule has 0 atom stereocenters. The second kappa shape index (κ2) is 7.92. The van der Waals surface area contributed by atoms with Crippen molar-refractivity contribution in [3.8, 4) is 11.5 Å². The van der Waals surface area contributed by atoms with Gasteiger partial charge in [0.1, 0.15) is 18.1 Å². The summed E-state index contributed by atoms with van der Waals surface area (Å²) in [6, 6.07) is 6.62. The lowest BCUT2D eigenvalue weighted by Gasteiger charge is -2.09. The highest BCUT2D eigenvalue weighted by molar-refractivity contribution is 5.29. The second-order valence-corrected chi connectivity index (χ2v) is 3.87.